The summed E-state index contributed by atoms with van der Waals surface area (Å²) in [5.41, 5.74) is 1.16. The zero-order valence-electron chi connectivity index (χ0n) is 13.5. The van der Waals surface area contributed by atoms with Gasteiger partial charge >= 0.3 is 0 Å². The second kappa shape index (κ2) is 7.97. The summed E-state index contributed by atoms with van der Waals surface area (Å²) in [6, 6.07) is 8.43. The molecule has 0 saturated carbocycles. The molecule has 1 aliphatic heterocycles. The molecular formula is C17H23N5S. The van der Waals surface area contributed by atoms with Crippen LogP contribution in [0.4, 0.5) is 5.82 Å². The largest absolute Gasteiger partial charge is 0.357 e. The van der Waals surface area contributed by atoms with Crippen molar-refractivity contribution in [2.45, 2.75) is 25.9 Å². The molecule has 2 aromatic rings. The molecule has 0 atom stereocenters. The van der Waals surface area contributed by atoms with Gasteiger partial charge < -0.3 is 15.5 Å². The highest BCUT2D eigenvalue weighted by molar-refractivity contribution is 7.09. The van der Waals surface area contributed by atoms with E-state index in [9.17, 15) is 0 Å². The van der Waals surface area contributed by atoms with E-state index in [1.54, 1.807) is 18.4 Å². The maximum Gasteiger partial charge on any atom is 0.191 e. The van der Waals surface area contributed by atoms with E-state index in [2.05, 4.69) is 55.2 Å². The maximum atomic E-state index is 4.58. The van der Waals surface area contributed by atoms with Gasteiger partial charge in [0.25, 0.3) is 0 Å². The molecule has 0 aliphatic carbocycles. The van der Waals surface area contributed by atoms with E-state index in [-0.39, 0.29) is 0 Å². The molecule has 0 amide bonds. The predicted octanol–water partition coefficient (Wildman–Crippen LogP) is 2.61. The molecule has 1 saturated heterocycles. The number of guanidine groups is 1. The van der Waals surface area contributed by atoms with Gasteiger partial charge in [0.05, 0.1) is 6.54 Å². The molecule has 3 rings (SSSR count). The van der Waals surface area contributed by atoms with Gasteiger partial charge in [-0.1, -0.05) is 12.1 Å². The first-order valence-corrected chi connectivity index (χ1v) is 8.90. The van der Waals surface area contributed by atoms with Crippen molar-refractivity contribution >= 4 is 23.1 Å². The van der Waals surface area contributed by atoms with Gasteiger partial charge in [-0.15, -0.1) is 11.3 Å². The lowest BCUT2D eigenvalue weighted by atomic mass is 10.3. The number of anilines is 1. The fraction of sp³-hybridized carbons (Fsp3) is 0.412. The quantitative estimate of drug-likeness (QED) is 0.654. The Morgan fingerprint density at radius 1 is 1.22 bits per heavy atom. The lowest BCUT2D eigenvalue weighted by Gasteiger charge is -2.16. The predicted molar refractivity (Wildman–Crippen MR) is 97.0 cm³/mol. The Balaban J connectivity index is 1.48. The van der Waals surface area contributed by atoms with Gasteiger partial charge in [-0.2, -0.15) is 0 Å². The minimum Gasteiger partial charge on any atom is -0.357 e. The summed E-state index contributed by atoms with van der Waals surface area (Å²) >= 11 is 1.74. The molecular weight excluding hydrogens is 306 g/mol. The Hall–Kier alpha value is -2.08. The van der Waals surface area contributed by atoms with Crippen LogP contribution < -0.4 is 15.5 Å². The summed E-state index contributed by atoms with van der Waals surface area (Å²) in [5, 5.41) is 8.73. The van der Waals surface area contributed by atoms with Crippen molar-refractivity contribution in [2.75, 3.05) is 25.0 Å². The van der Waals surface area contributed by atoms with Crippen molar-refractivity contribution in [3.8, 4) is 0 Å². The third-order valence-electron chi connectivity index (χ3n) is 3.93. The third kappa shape index (κ3) is 4.45. The number of aromatic nitrogens is 1. The van der Waals surface area contributed by atoms with Crippen LogP contribution in [0.1, 0.15) is 23.3 Å². The second-order valence-corrected chi connectivity index (χ2v) is 6.61. The molecule has 3 heterocycles. The SMILES string of the molecule is CN=C(NCc1ccc(N2CCCC2)nc1)NCc1cccs1. The highest BCUT2D eigenvalue weighted by atomic mass is 32.1. The van der Waals surface area contributed by atoms with Crippen LogP contribution in [0.2, 0.25) is 0 Å². The van der Waals surface area contributed by atoms with Crippen molar-refractivity contribution < 1.29 is 0 Å². The van der Waals surface area contributed by atoms with E-state index in [1.165, 1.54) is 17.7 Å². The Kier molecular flexibility index (Phi) is 5.47. The molecule has 6 heteroatoms. The van der Waals surface area contributed by atoms with Crippen LogP contribution in [-0.4, -0.2) is 31.1 Å². The van der Waals surface area contributed by atoms with Crippen molar-refractivity contribution in [3.05, 3.63) is 46.3 Å². The van der Waals surface area contributed by atoms with Crippen LogP contribution in [-0.2, 0) is 13.1 Å². The average Bonchev–Trinajstić information content (AvgIpc) is 3.29. The normalized spacial score (nSPS) is 15.0. The van der Waals surface area contributed by atoms with Crippen LogP contribution >= 0.6 is 11.3 Å². The van der Waals surface area contributed by atoms with Crippen LogP contribution in [0.25, 0.3) is 0 Å². The number of nitrogens with one attached hydrogen (secondary N) is 2. The Morgan fingerprint density at radius 2 is 2.04 bits per heavy atom. The molecule has 0 radical (unpaired) electrons. The molecule has 0 bridgehead atoms. The van der Waals surface area contributed by atoms with E-state index < -0.39 is 0 Å². The number of thiophene rings is 1. The standard InChI is InChI=1S/C17H23N5S/c1-18-17(21-13-15-5-4-10-23-15)20-12-14-6-7-16(19-11-14)22-8-2-3-9-22/h4-7,10-11H,2-3,8-9,12-13H2,1H3,(H2,18,20,21). The van der Waals surface area contributed by atoms with E-state index in [4.69, 9.17) is 0 Å². The summed E-state index contributed by atoms with van der Waals surface area (Å²) in [6.45, 7) is 3.77. The topological polar surface area (TPSA) is 52.6 Å². The Labute approximate surface area is 141 Å². The molecule has 2 N–H and O–H groups in total. The number of hydrogen-bond donors (Lipinski definition) is 2. The van der Waals surface area contributed by atoms with E-state index >= 15 is 0 Å². The van der Waals surface area contributed by atoms with E-state index in [0.717, 1.165) is 43.5 Å². The zero-order chi connectivity index (χ0) is 15.9. The zero-order valence-corrected chi connectivity index (χ0v) is 14.3. The van der Waals surface area contributed by atoms with Gasteiger partial charge in [0.2, 0.25) is 0 Å². The molecule has 23 heavy (non-hydrogen) atoms. The Bertz CT molecular complexity index is 615. The molecule has 1 fully saturated rings. The van der Waals surface area contributed by atoms with Crippen molar-refractivity contribution in [1.29, 1.82) is 0 Å². The fourth-order valence-corrected chi connectivity index (χ4v) is 3.29. The number of aliphatic imine (C=N–C) groups is 1. The monoisotopic (exact) mass is 329 g/mol. The molecule has 2 aromatic heterocycles. The number of rotatable bonds is 5. The van der Waals surface area contributed by atoms with Gasteiger partial charge in [0, 0.05) is 37.8 Å². The first kappa shape index (κ1) is 15.8. The third-order valence-corrected chi connectivity index (χ3v) is 4.81. The van der Waals surface area contributed by atoms with E-state index in [0.29, 0.717) is 0 Å². The van der Waals surface area contributed by atoms with Crippen LogP contribution in [0.5, 0.6) is 0 Å². The minimum absolute atomic E-state index is 0.720. The average molecular weight is 329 g/mol. The first-order chi connectivity index (χ1) is 11.3. The summed E-state index contributed by atoms with van der Waals surface area (Å²) in [4.78, 5) is 12.5. The summed E-state index contributed by atoms with van der Waals surface area (Å²) in [5.74, 6) is 1.90. The molecule has 5 nitrogen and oxygen atoms in total. The smallest absolute Gasteiger partial charge is 0.191 e. The van der Waals surface area contributed by atoms with Gasteiger partial charge in [0.1, 0.15) is 5.82 Å². The van der Waals surface area contributed by atoms with Crippen LogP contribution in [0.15, 0.2) is 40.8 Å². The van der Waals surface area contributed by atoms with Crippen molar-refractivity contribution in [3.63, 3.8) is 0 Å². The fourth-order valence-electron chi connectivity index (χ4n) is 2.64. The van der Waals surface area contributed by atoms with Crippen molar-refractivity contribution in [2.24, 2.45) is 4.99 Å². The molecule has 0 unspecified atom stereocenters. The highest BCUT2D eigenvalue weighted by Crippen LogP contribution is 2.17. The van der Waals surface area contributed by atoms with Crippen LogP contribution in [0.3, 0.4) is 0 Å². The lowest BCUT2D eigenvalue weighted by molar-refractivity contribution is 0.811. The maximum absolute atomic E-state index is 4.58. The summed E-state index contributed by atoms with van der Waals surface area (Å²) in [7, 11) is 1.79. The lowest BCUT2D eigenvalue weighted by Crippen LogP contribution is -2.36. The highest BCUT2D eigenvalue weighted by Gasteiger charge is 2.12. The van der Waals surface area contributed by atoms with Crippen molar-refractivity contribution in [1.82, 2.24) is 15.6 Å². The number of nitrogens with zero attached hydrogens (tertiary/aromatic N) is 3. The molecule has 122 valence electrons. The summed E-state index contributed by atoms with van der Waals surface area (Å²) in [6.07, 6.45) is 4.50. The minimum atomic E-state index is 0.720. The first-order valence-electron chi connectivity index (χ1n) is 8.02. The molecule has 0 aromatic carbocycles. The molecule has 1 aliphatic rings. The van der Waals surface area contributed by atoms with Crippen LogP contribution in [0, 0.1) is 0 Å². The van der Waals surface area contributed by atoms with Gasteiger partial charge in [-0.05, 0) is 35.9 Å². The molecule has 0 spiro atoms. The number of pyridine rings is 1. The Morgan fingerprint density at radius 3 is 2.70 bits per heavy atom. The van der Waals surface area contributed by atoms with Gasteiger partial charge in [-0.25, -0.2) is 4.98 Å². The van der Waals surface area contributed by atoms with Gasteiger partial charge in [-0.3, -0.25) is 4.99 Å². The second-order valence-electron chi connectivity index (χ2n) is 5.58. The van der Waals surface area contributed by atoms with E-state index in [1.807, 2.05) is 6.20 Å². The summed E-state index contributed by atoms with van der Waals surface area (Å²) < 4.78 is 0. The number of hydrogen-bond acceptors (Lipinski definition) is 4. The van der Waals surface area contributed by atoms with Gasteiger partial charge in [0.15, 0.2) is 5.96 Å².